The van der Waals surface area contributed by atoms with E-state index >= 15 is 0 Å². The number of hydrogen-bond acceptors (Lipinski definition) is 3. The molecule has 1 N–H and O–H groups in total. The zero-order chi connectivity index (χ0) is 18.4. The number of anilines is 1. The van der Waals surface area contributed by atoms with E-state index in [9.17, 15) is 0 Å². The molecule has 0 aliphatic heterocycles. The summed E-state index contributed by atoms with van der Waals surface area (Å²) in [5.74, 6) is 0. The Morgan fingerprint density at radius 3 is 2.60 bits per heavy atom. The van der Waals surface area contributed by atoms with Crippen LogP contribution in [0.5, 0.6) is 0 Å². The number of nitrogens with one attached hydrogen (secondary N) is 1. The lowest BCUT2D eigenvalue weighted by molar-refractivity contribution is 0.289. The van der Waals surface area contributed by atoms with Crippen molar-refractivity contribution in [3.63, 3.8) is 0 Å². The van der Waals surface area contributed by atoms with Gasteiger partial charge in [-0.15, -0.1) is 0 Å². The molecule has 4 nitrogen and oxygen atoms in total. The van der Waals surface area contributed by atoms with Crippen molar-refractivity contribution in [3.05, 3.63) is 59.4 Å². The fraction of sp³-hybridized carbons (Fsp3) is 0.400. The third-order valence-electron chi connectivity index (χ3n) is 4.32. The Kier molecular flexibility index (Phi) is 6.91. The zero-order valence-electron chi connectivity index (χ0n) is 15.8. The lowest BCUT2D eigenvalue weighted by atomic mass is 10.1. The Hall–Kier alpha value is -1.98. The van der Waals surface area contributed by atoms with Gasteiger partial charge in [0, 0.05) is 31.2 Å². The molecule has 0 unspecified atom stereocenters. The highest BCUT2D eigenvalue weighted by Gasteiger charge is 2.19. The molecular formula is C20H28N4S. The van der Waals surface area contributed by atoms with Gasteiger partial charge in [0.05, 0.1) is 6.04 Å². The highest BCUT2D eigenvalue weighted by molar-refractivity contribution is 7.80. The second-order valence-corrected chi connectivity index (χ2v) is 7.09. The van der Waals surface area contributed by atoms with Crippen LogP contribution in [-0.4, -0.2) is 47.1 Å². The Balaban J connectivity index is 2.21. The SMILES string of the molecule is Cc1ccc(C)c(NC(=S)N(CCN(C)C)[C@H](C)c2cccnc2)c1. The van der Waals surface area contributed by atoms with Gasteiger partial charge in [-0.1, -0.05) is 18.2 Å². The normalized spacial score (nSPS) is 12.1. The minimum Gasteiger partial charge on any atom is -0.341 e. The van der Waals surface area contributed by atoms with Crippen LogP contribution in [0.3, 0.4) is 0 Å². The lowest BCUT2D eigenvalue weighted by Gasteiger charge is -2.33. The van der Waals surface area contributed by atoms with Crippen molar-refractivity contribution < 1.29 is 0 Å². The second kappa shape index (κ2) is 8.92. The van der Waals surface area contributed by atoms with Crippen molar-refractivity contribution in [2.45, 2.75) is 26.8 Å². The molecule has 1 atom stereocenters. The quantitative estimate of drug-likeness (QED) is 0.790. The van der Waals surface area contributed by atoms with Gasteiger partial charge in [0.25, 0.3) is 0 Å². The van der Waals surface area contributed by atoms with Gasteiger partial charge in [-0.3, -0.25) is 4.98 Å². The maximum atomic E-state index is 5.76. The van der Waals surface area contributed by atoms with Crippen molar-refractivity contribution in [1.29, 1.82) is 0 Å². The van der Waals surface area contributed by atoms with Crippen LogP contribution in [-0.2, 0) is 0 Å². The average Bonchev–Trinajstić information content (AvgIpc) is 2.58. The van der Waals surface area contributed by atoms with Gasteiger partial charge < -0.3 is 15.1 Å². The summed E-state index contributed by atoms with van der Waals surface area (Å²) in [6.07, 6.45) is 3.71. The standard InChI is InChI=1S/C20H28N4S/c1-15-8-9-16(2)19(13-15)22-20(25)24(12-11-23(4)5)17(3)18-7-6-10-21-14-18/h6-10,13-14,17H,11-12H2,1-5H3,(H,22,25)/t17-/m1/s1. The van der Waals surface area contributed by atoms with Crippen molar-refractivity contribution in [3.8, 4) is 0 Å². The first kappa shape index (κ1) is 19.3. The molecule has 0 saturated heterocycles. The van der Waals surface area contributed by atoms with Gasteiger partial charge in [-0.2, -0.15) is 0 Å². The van der Waals surface area contributed by atoms with Crippen LogP contribution in [0.4, 0.5) is 5.69 Å². The number of aromatic nitrogens is 1. The van der Waals surface area contributed by atoms with Gasteiger partial charge >= 0.3 is 0 Å². The number of benzene rings is 1. The monoisotopic (exact) mass is 356 g/mol. The van der Waals surface area contributed by atoms with Crippen LogP contribution in [0.25, 0.3) is 0 Å². The maximum absolute atomic E-state index is 5.76. The van der Waals surface area contributed by atoms with E-state index in [1.807, 2.05) is 12.3 Å². The second-order valence-electron chi connectivity index (χ2n) is 6.71. The number of aryl methyl sites for hydroxylation is 2. The molecule has 1 aromatic carbocycles. The van der Waals surface area contributed by atoms with Gasteiger partial charge in [0.1, 0.15) is 0 Å². The number of pyridine rings is 1. The largest absolute Gasteiger partial charge is 0.341 e. The maximum Gasteiger partial charge on any atom is 0.173 e. The summed E-state index contributed by atoms with van der Waals surface area (Å²) in [6.45, 7) is 8.14. The van der Waals surface area contributed by atoms with Gasteiger partial charge in [-0.25, -0.2) is 0 Å². The molecule has 2 aromatic rings. The molecular weight excluding hydrogens is 328 g/mol. The first-order chi connectivity index (χ1) is 11.9. The van der Waals surface area contributed by atoms with Crippen LogP contribution in [0.15, 0.2) is 42.7 Å². The van der Waals surface area contributed by atoms with E-state index in [4.69, 9.17) is 12.2 Å². The summed E-state index contributed by atoms with van der Waals surface area (Å²) >= 11 is 5.76. The number of rotatable bonds is 6. The molecule has 0 aliphatic rings. The van der Waals surface area contributed by atoms with Crippen molar-refractivity contribution in [2.24, 2.45) is 0 Å². The predicted octanol–water partition coefficient (Wildman–Crippen LogP) is 4.02. The minimum absolute atomic E-state index is 0.152. The van der Waals surface area contributed by atoms with E-state index in [2.05, 4.69) is 79.2 Å². The molecule has 0 radical (unpaired) electrons. The van der Waals surface area contributed by atoms with E-state index in [1.54, 1.807) is 6.20 Å². The zero-order valence-corrected chi connectivity index (χ0v) is 16.6. The molecule has 25 heavy (non-hydrogen) atoms. The number of hydrogen-bond donors (Lipinski definition) is 1. The van der Waals surface area contributed by atoms with Gasteiger partial charge in [-0.05, 0) is 75.9 Å². The first-order valence-electron chi connectivity index (χ1n) is 8.58. The summed E-state index contributed by atoms with van der Waals surface area (Å²) in [5.41, 5.74) is 4.63. The summed E-state index contributed by atoms with van der Waals surface area (Å²) < 4.78 is 0. The highest BCUT2D eigenvalue weighted by Crippen LogP contribution is 2.22. The van der Waals surface area contributed by atoms with E-state index < -0.39 is 0 Å². The molecule has 0 bridgehead atoms. The van der Waals surface area contributed by atoms with Gasteiger partial charge in [0.2, 0.25) is 0 Å². The van der Waals surface area contributed by atoms with Crippen LogP contribution < -0.4 is 5.32 Å². The van der Waals surface area contributed by atoms with Crippen LogP contribution >= 0.6 is 12.2 Å². The highest BCUT2D eigenvalue weighted by atomic mass is 32.1. The summed E-state index contributed by atoms with van der Waals surface area (Å²) in [5, 5.41) is 4.19. The molecule has 0 fully saturated rings. The van der Waals surface area contributed by atoms with Crippen LogP contribution in [0, 0.1) is 13.8 Å². The first-order valence-corrected chi connectivity index (χ1v) is 8.99. The van der Waals surface area contributed by atoms with Crippen molar-refractivity contribution in [2.75, 3.05) is 32.5 Å². The fourth-order valence-corrected chi connectivity index (χ4v) is 3.00. The van der Waals surface area contributed by atoms with Crippen molar-refractivity contribution >= 4 is 23.0 Å². The number of thiocarbonyl (C=S) groups is 1. The smallest absolute Gasteiger partial charge is 0.173 e. The number of likely N-dealkylation sites (N-methyl/N-ethyl adjacent to an activating group) is 1. The third kappa shape index (κ3) is 5.51. The molecule has 2 rings (SSSR count). The lowest BCUT2D eigenvalue weighted by Crippen LogP contribution is -2.41. The molecule has 0 saturated carbocycles. The molecule has 1 aromatic heterocycles. The van der Waals surface area contributed by atoms with E-state index in [-0.39, 0.29) is 6.04 Å². The topological polar surface area (TPSA) is 31.4 Å². The summed E-state index contributed by atoms with van der Waals surface area (Å²) in [7, 11) is 4.15. The summed E-state index contributed by atoms with van der Waals surface area (Å²) in [6, 6.07) is 10.6. The fourth-order valence-electron chi connectivity index (χ4n) is 2.64. The predicted molar refractivity (Wildman–Crippen MR) is 110 cm³/mol. The van der Waals surface area contributed by atoms with Gasteiger partial charge in [0.15, 0.2) is 5.11 Å². The van der Waals surface area contributed by atoms with Crippen LogP contribution in [0.1, 0.15) is 29.7 Å². The van der Waals surface area contributed by atoms with Crippen molar-refractivity contribution in [1.82, 2.24) is 14.8 Å². The van der Waals surface area contributed by atoms with E-state index in [0.29, 0.717) is 0 Å². The molecule has 0 aliphatic carbocycles. The molecule has 5 heteroatoms. The Morgan fingerprint density at radius 1 is 1.20 bits per heavy atom. The average molecular weight is 357 g/mol. The molecule has 134 valence electrons. The molecule has 1 heterocycles. The molecule has 0 spiro atoms. The van der Waals surface area contributed by atoms with E-state index in [1.165, 1.54) is 11.1 Å². The Labute approximate surface area is 156 Å². The Morgan fingerprint density at radius 2 is 1.96 bits per heavy atom. The van der Waals surface area contributed by atoms with Crippen LogP contribution in [0.2, 0.25) is 0 Å². The Bertz CT molecular complexity index is 700. The molecule has 0 amide bonds. The minimum atomic E-state index is 0.152. The summed E-state index contributed by atoms with van der Waals surface area (Å²) in [4.78, 5) is 8.65. The third-order valence-corrected chi connectivity index (χ3v) is 4.65. The number of nitrogens with zero attached hydrogens (tertiary/aromatic N) is 3. The van der Waals surface area contributed by atoms with E-state index in [0.717, 1.165) is 29.5 Å².